The summed E-state index contributed by atoms with van der Waals surface area (Å²) >= 11 is 13.5. The summed E-state index contributed by atoms with van der Waals surface area (Å²) in [5.74, 6) is -1.73. The largest absolute Gasteiger partial charge is 1.00 e. The third-order valence-corrected chi connectivity index (χ3v) is 9.55. The van der Waals surface area contributed by atoms with Gasteiger partial charge in [-0.25, -0.2) is 8.78 Å². The van der Waals surface area contributed by atoms with Crippen molar-refractivity contribution in [1.82, 2.24) is 0 Å². The van der Waals surface area contributed by atoms with E-state index in [1.807, 2.05) is 24.3 Å². The Hall–Kier alpha value is -0.897. The van der Waals surface area contributed by atoms with Crippen LogP contribution in [0.5, 0.6) is 11.5 Å². The molecule has 55 heavy (non-hydrogen) atoms. The van der Waals surface area contributed by atoms with Gasteiger partial charge in [-0.05, 0) is 106 Å². The number of carbonyl (C=O) groups excluding carboxylic acids is 1. The molecule has 17 heteroatoms. The van der Waals surface area contributed by atoms with Gasteiger partial charge in [0.1, 0.15) is 45.5 Å². The molecule has 0 saturated heterocycles. The van der Waals surface area contributed by atoms with E-state index in [0.29, 0.717) is 8.95 Å². The third kappa shape index (κ3) is 11.9. The van der Waals surface area contributed by atoms with Crippen LogP contribution in [0.2, 0.25) is 0 Å². The Balaban J connectivity index is 0.000000318. The molecule has 2 aromatic heterocycles. The van der Waals surface area contributed by atoms with Crippen molar-refractivity contribution in [3.05, 3.63) is 127 Å². The van der Waals surface area contributed by atoms with Crippen LogP contribution in [0, 0.1) is 11.6 Å². The van der Waals surface area contributed by atoms with Gasteiger partial charge in [0.05, 0.1) is 0 Å². The molecule has 0 aliphatic heterocycles. The molecule has 0 aliphatic carbocycles. The normalized spacial score (nSPS) is 10.2. The maximum atomic E-state index is 14.6. The van der Waals surface area contributed by atoms with Gasteiger partial charge < -0.3 is 30.6 Å². The number of hydrogen-bond acceptors (Lipinski definition) is 8. The van der Waals surface area contributed by atoms with Gasteiger partial charge in [0.15, 0.2) is 0 Å². The van der Waals surface area contributed by atoms with E-state index in [1.165, 1.54) is 24.3 Å². The molecule has 0 amide bonds. The molecule has 0 spiro atoms. The summed E-state index contributed by atoms with van der Waals surface area (Å²) in [6.07, 6.45) is 0. The van der Waals surface area contributed by atoms with Crippen molar-refractivity contribution < 1.29 is 147 Å². The zero-order valence-corrected chi connectivity index (χ0v) is 42.6. The van der Waals surface area contributed by atoms with E-state index < -0.39 is 11.6 Å². The molecule has 6 aromatic carbocycles. The van der Waals surface area contributed by atoms with E-state index >= 15 is 0 Å². The van der Waals surface area contributed by atoms with Gasteiger partial charge >= 0.3 is 103 Å². The molecule has 0 saturated carbocycles. The second-order valence-electron chi connectivity index (χ2n) is 10.9. The van der Waals surface area contributed by atoms with Crippen LogP contribution in [0.1, 0.15) is 1.43 Å². The number of nitrogens with zero attached hydrogens (tertiary/aromatic N) is 1. The first kappa shape index (κ1) is 48.5. The van der Waals surface area contributed by atoms with Crippen molar-refractivity contribution in [3.8, 4) is 33.8 Å². The summed E-state index contributed by atoms with van der Waals surface area (Å²) in [7, 11) is 4.47. The third-order valence-electron chi connectivity index (χ3n) is 7.58. The maximum absolute atomic E-state index is 14.6. The van der Waals surface area contributed by atoms with E-state index in [0.717, 1.165) is 65.0 Å². The molecule has 0 unspecified atom stereocenters. The van der Waals surface area contributed by atoms with Crippen molar-refractivity contribution in [2.45, 2.75) is 0 Å². The second-order valence-corrected chi connectivity index (χ2v) is 15.0. The van der Waals surface area contributed by atoms with Crippen molar-refractivity contribution in [3.63, 3.8) is 0 Å². The summed E-state index contributed by atoms with van der Waals surface area (Å²) in [5.41, 5.74) is 3.74. The summed E-state index contributed by atoms with van der Waals surface area (Å²) < 4.78 is 47.7. The van der Waals surface area contributed by atoms with E-state index in [2.05, 4.69) is 107 Å². The molecular weight excluding hydrogens is 1050 g/mol. The Morgan fingerprint density at radius 2 is 0.927 bits per heavy atom. The van der Waals surface area contributed by atoms with Crippen LogP contribution in [0.3, 0.4) is 0 Å². The molecule has 2 N–H and O–H groups in total. The smallest absolute Gasteiger partial charge is 1.00 e. The Morgan fingerprint density at radius 1 is 0.618 bits per heavy atom. The summed E-state index contributed by atoms with van der Waals surface area (Å²) in [6, 6.07) is 27.2. The van der Waals surface area contributed by atoms with Crippen LogP contribution < -0.4 is 108 Å². The minimum absolute atomic E-state index is 0. The minimum Gasteiger partial charge on any atom is -1.00 e. The number of furan rings is 2. The van der Waals surface area contributed by atoms with E-state index in [4.69, 9.17) is 18.9 Å². The van der Waals surface area contributed by atoms with Crippen molar-refractivity contribution in [2.75, 3.05) is 7.05 Å². The van der Waals surface area contributed by atoms with Gasteiger partial charge in [-0.2, -0.15) is 0 Å². The van der Waals surface area contributed by atoms with Gasteiger partial charge in [0, 0.05) is 68.7 Å². The van der Waals surface area contributed by atoms with Crippen molar-refractivity contribution >= 4 is 123 Å². The summed E-state index contributed by atoms with van der Waals surface area (Å²) in [5, 5.41) is 32.6. The van der Waals surface area contributed by atoms with Gasteiger partial charge in [-0.15, -0.1) is 0 Å². The van der Waals surface area contributed by atoms with Crippen LogP contribution in [0.15, 0.2) is 129 Å². The van der Waals surface area contributed by atoms with Crippen LogP contribution in [0.4, 0.5) is 8.78 Å². The summed E-state index contributed by atoms with van der Waals surface area (Å²) in [4.78, 5) is 11.2. The fourth-order valence-corrected chi connectivity index (χ4v) is 6.84. The average molecular weight is 1070 g/mol. The fraction of sp³-hybridized carbons (Fsp3) is 0.0263. The average Bonchev–Trinajstić information content (AvgIpc) is 3.67. The molecule has 8 nitrogen and oxygen atoms in total. The number of aromatic hydroxyl groups is 2. The quantitative estimate of drug-likeness (QED) is 0.0660. The standard InChI is InChI=1S/C18H10Br2F2O2.C18H8Br2O2.CH4NP.CH2O3.2K.H/c19-9-1-3-17(23)13(5-9)11-7-16(22)12(8-15(11)21)14-6-10(20)2-4-18(14)24;19-9-1-3-15-11(5-9)13-7-18-14(8-17(13)21-15)12-6-10(20)2-4-16(12)22-18;1-2-3;2-1-4-3;;;/h1-8,23-24H;1-8H;3H,1H3;1,3H;;;/q;;;;2*+1;-1/p-1. The molecule has 272 valence electrons. The van der Waals surface area contributed by atoms with Gasteiger partial charge in [-0.1, -0.05) is 63.7 Å². The SMILES string of the molecule is Brc1ccc2oc3cc4c(cc3c2c1)oc1ccc(Br)cc14.CN=P.O=CO[O-].Oc1ccc(Br)cc1-c1cc(F)c(-c2cc(Br)ccc2O)cc1F.[H-].[K+].[K+]. The summed E-state index contributed by atoms with van der Waals surface area (Å²) in [6.45, 7) is -0.181. The minimum atomic E-state index is -0.709. The molecule has 0 atom stereocenters. The van der Waals surface area contributed by atoms with Crippen LogP contribution in [0.25, 0.3) is 66.1 Å². The number of halogens is 6. The number of benzene rings is 6. The molecule has 0 aliphatic rings. The molecule has 8 rings (SSSR count). The monoisotopic (exact) mass is 1070 g/mol. The number of carbonyl (C=O) groups is 1. The zero-order chi connectivity index (χ0) is 38.4. The molecule has 2 heterocycles. The second kappa shape index (κ2) is 22.5. The molecular formula is C38H24Br4F2K2NO7P. The fourth-order valence-electron chi connectivity index (χ4n) is 5.40. The molecule has 0 radical (unpaired) electrons. The van der Waals surface area contributed by atoms with E-state index in [1.54, 1.807) is 19.2 Å². The number of rotatable bonds is 3. The number of phenols is 2. The predicted octanol–water partition coefficient (Wildman–Crippen LogP) is 6.74. The topological polar surface area (TPSA) is 128 Å². The van der Waals surface area contributed by atoms with Gasteiger partial charge in [0.25, 0.3) is 6.47 Å². The van der Waals surface area contributed by atoms with Gasteiger partial charge in [0.2, 0.25) is 0 Å². The Labute approximate surface area is 435 Å². The van der Waals surface area contributed by atoms with Gasteiger partial charge in [-0.3, -0.25) is 9.54 Å². The Morgan fingerprint density at radius 3 is 1.27 bits per heavy atom. The first-order chi connectivity index (χ1) is 25.4. The first-order valence-corrected chi connectivity index (χ1v) is 18.6. The Bertz CT molecular complexity index is 2480. The predicted molar refractivity (Wildman–Crippen MR) is 217 cm³/mol. The van der Waals surface area contributed by atoms with Crippen molar-refractivity contribution in [1.29, 1.82) is 0 Å². The number of fused-ring (bicyclic) bond motifs is 6. The van der Waals surface area contributed by atoms with Crippen LogP contribution >= 0.6 is 72.8 Å². The Kier molecular flexibility index (Phi) is 19.8. The van der Waals surface area contributed by atoms with Crippen LogP contribution in [-0.2, 0) is 9.68 Å². The molecule has 8 aromatic rings. The number of hydrogen-bond donors (Lipinski definition) is 2. The first-order valence-electron chi connectivity index (χ1n) is 15.0. The van der Waals surface area contributed by atoms with E-state index in [-0.39, 0.29) is 144 Å². The van der Waals surface area contributed by atoms with E-state index in [9.17, 15) is 19.0 Å². The zero-order valence-electron chi connectivity index (χ0n) is 30.0. The van der Waals surface area contributed by atoms with Crippen LogP contribution in [-0.4, -0.2) is 23.7 Å². The van der Waals surface area contributed by atoms with Crippen molar-refractivity contribution in [2.24, 2.45) is 4.74 Å². The maximum Gasteiger partial charge on any atom is 1.00 e. The molecule has 0 fully saturated rings. The molecule has 0 bridgehead atoms. The number of phenolic OH excluding ortho intramolecular Hbond substituents is 2.